The first-order chi connectivity index (χ1) is 11.8. The van der Waals surface area contributed by atoms with Gasteiger partial charge in [-0.15, -0.1) is 0 Å². The Morgan fingerprint density at radius 3 is 2.68 bits per heavy atom. The first-order valence-corrected chi connectivity index (χ1v) is 9.21. The fourth-order valence-electron chi connectivity index (χ4n) is 2.72. The van der Waals surface area contributed by atoms with Crippen LogP contribution in [0.25, 0.3) is 11.0 Å². The summed E-state index contributed by atoms with van der Waals surface area (Å²) < 4.78 is 42.0. The van der Waals surface area contributed by atoms with E-state index >= 15 is 0 Å². The standard InChI is InChI=1S/C17H18FN3O3S/c1-11-3-4-12(2)16(9-11)25(23,24)19-7-8-21-15-6-5-13(18)10-14(15)20-17(21)22/h3-6,9-10,19H,7-8H2,1-2H3,(H,20,22). The summed E-state index contributed by atoms with van der Waals surface area (Å²) in [7, 11) is -3.68. The molecular formula is C17H18FN3O3S. The lowest BCUT2D eigenvalue weighted by atomic mass is 10.2. The van der Waals surface area contributed by atoms with Crippen LogP contribution in [0.1, 0.15) is 11.1 Å². The molecule has 0 saturated carbocycles. The third-order valence-corrected chi connectivity index (χ3v) is 5.60. The van der Waals surface area contributed by atoms with Gasteiger partial charge in [-0.1, -0.05) is 12.1 Å². The molecule has 0 spiro atoms. The number of aromatic amines is 1. The highest BCUT2D eigenvalue weighted by Crippen LogP contribution is 2.16. The molecule has 3 rings (SSSR count). The Balaban J connectivity index is 1.80. The molecule has 8 heteroatoms. The van der Waals surface area contributed by atoms with Gasteiger partial charge in [-0.05, 0) is 49.2 Å². The Bertz CT molecular complexity index is 1100. The normalized spacial score (nSPS) is 12.0. The second-order valence-corrected chi connectivity index (χ2v) is 7.65. The predicted octanol–water partition coefficient (Wildman–Crippen LogP) is 2.06. The van der Waals surface area contributed by atoms with Crippen molar-refractivity contribution >= 4 is 21.1 Å². The van der Waals surface area contributed by atoms with Gasteiger partial charge in [-0.3, -0.25) is 4.57 Å². The molecular weight excluding hydrogens is 345 g/mol. The van der Waals surface area contributed by atoms with Crippen LogP contribution < -0.4 is 10.4 Å². The first kappa shape index (κ1) is 17.4. The molecule has 1 aromatic heterocycles. The van der Waals surface area contributed by atoms with Gasteiger partial charge in [0.2, 0.25) is 10.0 Å². The van der Waals surface area contributed by atoms with Crippen LogP contribution in [0.2, 0.25) is 0 Å². The fourth-order valence-corrected chi connectivity index (χ4v) is 4.07. The number of benzene rings is 2. The molecule has 0 radical (unpaired) electrons. The molecule has 0 aliphatic carbocycles. The van der Waals surface area contributed by atoms with E-state index in [-0.39, 0.29) is 18.0 Å². The molecule has 0 bridgehead atoms. The second-order valence-electron chi connectivity index (χ2n) is 5.91. The summed E-state index contributed by atoms with van der Waals surface area (Å²) in [5, 5.41) is 0. The van der Waals surface area contributed by atoms with E-state index in [2.05, 4.69) is 9.71 Å². The summed E-state index contributed by atoms with van der Waals surface area (Å²) in [6.45, 7) is 3.73. The minimum absolute atomic E-state index is 0.0416. The van der Waals surface area contributed by atoms with Crippen molar-refractivity contribution in [2.24, 2.45) is 0 Å². The van der Waals surface area contributed by atoms with Crippen molar-refractivity contribution in [3.8, 4) is 0 Å². The molecule has 0 amide bonds. The van der Waals surface area contributed by atoms with Crippen LogP contribution in [-0.2, 0) is 16.6 Å². The Kier molecular flexibility index (Phi) is 4.49. The molecule has 0 aliphatic heterocycles. The molecule has 0 saturated heterocycles. The van der Waals surface area contributed by atoms with Crippen molar-refractivity contribution in [2.75, 3.05) is 6.54 Å². The molecule has 6 nitrogen and oxygen atoms in total. The van der Waals surface area contributed by atoms with Gasteiger partial charge in [-0.2, -0.15) is 0 Å². The lowest BCUT2D eigenvalue weighted by molar-refractivity contribution is 0.572. The first-order valence-electron chi connectivity index (χ1n) is 7.73. The zero-order chi connectivity index (χ0) is 18.2. The molecule has 132 valence electrons. The Morgan fingerprint density at radius 2 is 1.92 bits per heavy atom. The smallest absolute Gasteiger partial charge is 0.305 e. The summed E-state index contributed by atoms with van der Waals surface area (Å²) in [5.41, 5.74) is 1.99. The number of nitrogens with one attached hydrogen (secondary N) is 2. The largest absolute Gasteiger partial charge is 0.326 e. The molecule has 1 heterocycles. The minimum atomic E-state index is -3.68. The summed E-state index contributed by atoms with van der Waals surface area (Å²) in [5.74, 6) is -0.448. The van der Waals surface area contributed by atoms with E-state index < -0.39 is 21.5 Å². The third-order valence-electron chi connectivity index (χ3n) is 4.00. The van der Waals surface area contributed by atoms with Crippen LogP contribution in [0.3, 0.4) is 0 Å². The second kappa shape index (κ2) is 6.45. The Hall–Kier alpha value is -2.45. The van der Waals surface area contributed by atoms with Crippen LogP contribution in [0, 0.1) is 19.7 Å². The van der Waals surface area contributed by atoms with E-state index in [1.165, 1.54) is 22.8 Å². The summed E-state index contributed by atoms with van der Waals surface area (Å²) in [6.07, 6.45) is 0. The highest BCUT2D eigenvalue weighted by atomic mass is 32.2. The van der Waals surface area contributed by atoms with Gasteiger partial charge >= 0.3 is 5.69 Å². The quantitative estimate of drug-likeness (QED) is 0.728. The van der Waals surface area contributed by atoms with Gasteiger partial charge in [0.1, 0.15) is 5.82 Å². The SMILES string of the molecule is Cc1ccc(C)c(S(=O)(=O)NCCn2c(=O)[nH]c3cc(F)ccc32)c1. The van der Waals surface area contributed by atoms with E-state index in [1.54, 1.807) is 19.1 Å². The van der Waals surface area contributed by atoms with Crippen molar-refractivity contribution in [3.05, 3.63) is 63.8 Å². The van der Waals surface area contributed by atoms with Crippen molar-refractivity contribution in [2.45, 2.75) is 25.3 Å². The maximum atomic E-state index is 13.2. The van der Waals surface area contributed by atoms with E-state index in [9.17, 15) is 17.6 Å². The summed E-state index contributed by atoms with van der Waals surface area (Å²) >= 11 is 0. The van der Waals surface area contributed by atoms with Gasteiger partial charge in [0.05, 0.1) is 15.9 Å². The van der Waals surface area contributed by atoms with Gasteiger partial charge in [0, 0.05) is 13.1 Å². The van der Waals surface area contributed by atoms with E-state index in [4.69, 9.17) is 0 Å². The summed E-state index contributed by atoms with van der Waals surface area (Å²) in [4.78, 5) is 14.8. The number of nitrogens with zero attached hydrogens (tertiary/aromatic N) is 1. The molecule has 25 heavy (non-hydrogen) atoms. The number of rotatable bonds is 5. The van der Waals surface area contributed by atoms with Crippen LogP contribution in [0.4, 0.5) is 4.39 Å². The number of imidazole rings is 1. The highest BCUT2D eigenvalue weighted by Gasteiger charge is 2.17. The zero-order valence-electron chi connectivity index (χ0n) is 13.8. The number of H-pyrrole nitrogens is 1. The van der Waals surface area contributed by atoms with Crippen molar-refractivity contribution in [1.29, 1.82) is 0 Å². The van der Waals surface area contributed by atoms with Crippen LogP contribution in [-0.4, -0.2) is 24.5 Å². The average molecular weight is 363 g/mol. The van der Waals surface area contributed by atoms with E-state index in [0.29, 0.717) is 16.6 Å². The Labute approximate surface area is 144 Å². The van der Waals surface area contributed by atoms with Gasteiger partial charge in [-0.25, -0.2) is 22.3 Å². The number of sulfonamides is 1. The average Bonchev–Trinajstić information content (AvgIpc) is 2.84. The molecule has 0 aliphatic rings. The maximum absolute atomic E-state index is 13.2. The lowest BCUT2D eigenvalue weighted by Crippen LogP contribution is -2.30. The van der Waals surface area contributed by atoms with Gasteiger partial charge in [0.25, 0.3) is 0 Å². The van der Waals surface area contributed by atoms with Crippen molar-refractivity contribution in [3.63, 3.8) is 0 Å². The van der Waals surface area contributed by atoms with Crippen molar-refractivity contribution < 1.29 is 12.8 Å². The van der Waals surface area contributed by atoms with Crippen LogP contribution in [0.15, 0.2) is 46.1 Å². The molecule has 0 unspecified atom stereocenters. The fraction of sp³-hybridized carbons (Fsp3) is 0.235. The van der Waals surface area contributed by atoms with Crippen LogP contribution in [0.5, 0.6) is 0 Å². The number of fused-ring (bicyclic) bond motifs is 1. The molecule has 2 aromatic carbocycles. The molecule has 0 fully saturated rings. The van der Waals surface area contributed by atoms with E-state index in [0.717, 1.165) is 5.56 Å². The number of aromatic nitrogens is 2. The lowest BCUT2D eigenvalue weighted by Gasteiger charge is -2.10. The number of halogens is 1. The van der Waals surface area contributed by atoms with Gasteiger partial charge < -0.3 is 4.98 Å². The summed E-state index contributed by atoms with van der Waals surface area (Å²) in [6, 6.07) is 9.18. The monoisotopic (exact) mass is 363 g/mol. The molecule has 0 atom stereocenters. The van der Waals surface area contributed by atoms with E-state index in [1.807, 2.05) is 13.0 Å². The highest BCUT2D eigenvalue weighted by molar-refractivity contribution is 7.89. The topological polar surface area (TPSA) is 84.0 Å². The predicted molar refractivity (Wildman–Crippen MR) is 93.6 cm³/mol. The minimum Gasteiger partial charge on any atom is -0.305 e. The number of aryl methyl sites for hydroxylation is 2. The number of hydrogen-bond donors (Lipinski definition) is 2. The third kappa shape index (κ3) is 3.49. The maximum Gasteiger partial charge on any atom is 0.326 e. The Morgan fingerprint density at radius 1 is 1.16 bits per heavy atom. The van der Waals surface area contributed by atoms with Gasteiger partial charge in [0.15, 0.2) is 0 Å². The van der Waals surface area contributed by atoms with Crippen LogP contribution >= 0.6 is 0 Å². The number of hydrogen-bond acceptors (Lipinski definition) is 3. The molecule has 2 N–H and O–H groups in total. The molecule has 3 aromatic rings. The zero-order valence-corrected chi connectivity index (χ0v) is 14.7. The van der Waals surface area contributed by atoms with Crippen molar-refractivity contribution in [1.82, 2.24) is 14.3 Å².